The van der Waals surface area contributed by atoms with Crippen molar-refractivity contribution in [3.8, 4) is 0 Å². The van der Waals surface area contributed by atoms with Crippen LogP contribution in [-0.4, -0.2) is 35.0 Å². The van der Waals surface area contributed by atoms with Crippen LogP contribution in [0.15, 0.2) is 23.6 Å². The van der Waals surface area contributed by atoms with E-state index in [1.165, 1.54) is 0 Å². The molecule has 78 valence electrons. The van der Waals surface area contributed by atoms with Gasteiger partial charge in [0.25, 0.3) is 0 Å². The summed E-state index contributed by atoms with van der Waals surface area (Å²) in [4.78, 5) is 8.13. The van der Waals surface area contributed by atoms with Gasteiger partial charge in [-0.05, 0) is 6.92 Å². The third kappa shape index (κ3) is 4.04. The summed E-state index contributed by atoms with van der Waals surface area (Å²) in [7, 11) is 0. The quantitative estimate of drug-likeness (QED) is 0.712. The minimum Gasteiger partial charge on any atom is -0.376 e. The van der Waals surface area contributed by atoms with Crippen LogP contribution in [0.25, 0.3) is 0 Å². The van der Waals surface area contributed by atoms with Crippen LogP contribution in [0.2, 0.25) is 0 Å². The Morgan fingerprint density at radius 2 is 2.43 bits per heavy atom. The number of nitrogens with zero attached hydrogens (tertiary/aromatic N) is 2. The summed E-state index contributed by atoms with van der Waals surface area (Å²) in [6, 6.07) is 0. The SMILES string of the molecule is CCOC(CN)CSc1cnccn1. The molecule has 4 nitrogen and oxygen atoms in total. The molecule has 0 saturated heterocycles. The highest BCUT2D eigenvalue weighted by molar-refractivity contribution is 7.99. The molecule has 0 aromatic carbocycles. The first-order valence-corrected chi connectivity index (χ1v) is 5.55. The van der Waals surface area contributed by atoms with Crippen molar-refractivity contribution in [3.63, 3.8) is 0 Å². The highest BCUT2D eigenvalue weighted by atomic mass is 32.2. The second kappa shape index (κ2) is 6.75. The third-order valence-corrected chi connectivity index (χ3v) is 2.67. The normalized spacial score (nSPS) is 12.7. The molecule has 1 aromatic rings. The fraction of sp³-hybridized carbons (Fsp3) is 0.556. The van der Waals surface area contributed by atoms with Gasteiger partial charge in [0.1, 0.15) is 5.03 Å². The summed E-state index contributed by atoms with van der Waals surface area (Å²) in [5.41, 5.74) is 5.55. The molecule has 0 amide bonds. The molecule has 14 heavy (non-hydrogen) atoms. The van der Waals surface area contributed by atoms with Gasteiger partial charge in [0.2, 0.25) is 0 Å². The van der Waals surface area contributed by atoms with E-state index >= 15 is 0 Å². The maximum atomic E-state index is 5.55. The zero-order valence-electron chi connectivity index (χ0n) is 8.22. The number of hydrogen-bond donors (Lipinski definition) is 1. The van der Waals surface area contributed by atoms with Crippen molar-refractivity contribution in [2.45, 2.75) is 18.1 Å². The highest BCUT2D eigenvalue weighted by Crippen LogP contribution is 2.14. The first-order chi connectivity index (χ1) is 6.86. The van der Waals surface area contributed by atoms with Crippen molar-refractivity contribution in [2.24, 2.45) is 5.73 Å². The second-order valence-electron chi connectivity index (χ2n) is 2.67. The summed E-state index contributed by atoms with van der Waals surface area (Å²) in [6.07, 6.45) is 5.18. The minimum absolute atomic E-state index is 0.104. The maximum Gasteiger partial charge on any atom is 0.114 e. The largest absolute Gasteiger partial charge is 0.376 e. The van der Waals surface area contributed by atoms with Gasteiger partial charge in [-0.2, -0.15) is 0 Å². The van der Waals surface area contributed by atoms with Gasteiger partial charge in [0.15, 0.2) is 0 Å². The lowest BCUT2D eigenvalue weighted by Gasteiger charge is -2.13. The molecule has 0 radical (unpaired) electrons. The summed E-state index contributed by atoms with van der Waals surface area (Å²) in [5, 5.41) is 0.908. The van der Waals surface area contributed by atoms with Crippen LogP contribution in [0.5, 0.6) is 0 Å². The van der Waals surface area contributed by atoms with Gasteiger partial charge in [-0.15, -0.1) is 11.8 Å². The highest BCUT2D eigenvalue weighted by Gasteiger charge is 2.06. The van der Waals surface area contributed by atoms with E-state index in [0.29, 0.717) is 13.2 Å². The van der Waals surface area contributed by atoms with E-state index in [4.69, 9.17) is 10.5 Å². The van der Waals surface area contributed by atoms with Gasteiger partial charge in [-0.1, -0.05) is 0 Å². The van der Waals surface area contributed by atoms with E-state index in [0.717, 1.165) is 10.8 Å². The van der Waals surface area contributed by atoms with Crippen molar-refractivity contribution in [1.82, 2.24) is 9.97 Å². The molecule has 0 fully saturated rings. The van der Waals surface area contributed by atoms with E-state index in [1.54, 1.807) is 30.4 Å². The predicted octanol–water partition coefficient (Wildman–Crippen LogP) is 0.932. The monoisotopic (exact) mass is 213 g/mol. The molecule has 0 saturated carbocycles. The molecule has 1 rings (SSSR count). The molecule has 0 spiro atoms. The van der Waals surface area contributed by atoms with Crippen LogP contribution in [0.4, 0.5) is 0 Å². The average Bonchev–Trinajstić information content (AvgIpc) is 2.25. The molecule has 0 aliphatic rings. The molecule has 5 heteroatoms. The zero-order valence-corrected chi connectivity index (χ0v) is 9.04. The number of nitrogens with two attached hydrogens (primary N) is 1. The molecule has 1 heterocycles. The Hall–Kier alpha value is -0.650. The molecule has 0 aliphatic carbocycles. The predicted molar refractivity (Wildman–Crippen MR) is 57.2 cm³/mol. The Morgan fingerprint density at radius 3 is 3.00 bits per heavy atom. The van der Waals surface area contributed by atoms with Gasteiger partial charge >= 0.3 is 0 Å². The van der Waals surface area contributed by atoms with Gasteiger partial charge in [0, 0.05) is 31.3 Å². The molecule has 0 aliphatic heterocycles. The van der Waals surface area contributed by atoms with Crippen molar-refractivity contribution < 1.29 is 4.74 Å². The Kier molecular flexibility index (Phi) is 5.51. The maximum absolute atomic E-state index is 5.55. The van der Waals surface area contributed by atoms with Crippen LogP contribution in [-0.2, 0) is 4.74 Å². The summed E-state index contributed by atoms with van der Waals surface area (Å²) >= 11 is 1.61. The minimum atomic E-state index is 0.104. The smallest absolute Gasteiger partial charge is 0.114 e. The van der Waals surface area contributed by atoms with Crippen molar-refractivity contribution in [1.29, 1.82) is 0 Å². The zero-order chi connectivity index (χ0) is 10.2. The van der Waals surface area contributed by atoms with Gasteiger partial charge < -0.3 is 10.5 Å². The van der Waals surface area contributed by atoms with E-state index in [9.17, 15) is 0 Å². The number of hydrogen-bond acceptors (Lipinski definition) is 5. The molecule has 2 N–H and O–H groups in total. The first-order valence-electron chi connectivity index (χ1n) is 4.57. The van der Waals surface area contributed by atoms with Gasteiger partial charge in [0.05, 0.1) is 12.3 Å². The standard InChI is InChI=1S/C9H15N3OS/c1-2-13-8(5-10)7-14-9-6-11-3-4-12-9/h3-4,6,8H,2,5,7,10H2,1H3. The molecule has 0 bridgehead atoms. The molecular weight excluding hydrogens is 198 g/mol. The van der Waals surface area contributed by atoms with Crippen molar-refractivity contribution in [3.05, 3.63) is 18.6 Å². The lowest BCUT2D eigenvalue weighted by Crippen LogP contribution is -2.26. The number of aromatic nitrogens is 2. The second-order valence-corrected chi connectivity index (χ2v) is 3.71. The van der Waals surface area contributed by atoms with Crippen LogP contribution < -0.4 is 5.73 Å². The Bertz CT molecular complexity index is 245. The van der Waals surface area contributed by atoms with E-state index < -0.39 is 0 Å². The summed E-state index contributed by atoms with van der Waals surface area (Å²) in [5.74, 6) is 0.822. The van der Waals surface area contributed by atoms with Crippen molar-refractivity contribution >= 4 is 11.8 Å². The lowest BCUT2D eigenvalue weighted by atomic mass is 10.4. The molecule has 1 unspecified atom stereocenters. The topological polar surface area (TPSA) is 61.0 Å². The summed E-state index contributed by atoms with van der Waals surface area (Å²) < 4.78 is 5.42. The number of rotatable bonds is 6. The van der Waals surface area contributed by atoms with Crippen LogP contribution >= 0.6 is 11.8 Å². The summed E-state index contributed by atoms with van der Waals surface area (Å²) in [6.45, 7) is 3.21. The number of thioether (sulfide) groups is 1. The fourth-order valence-corrected chi connectivity index (χ4v) is 1.82. The average molecular weight is 213 g/mol. The van der Waals surface area contributed by atoms with E-state index in [1.807, 2.05) is 6.92 Å². The molecule has 1 aromatic heterocycles. The van der Waals surface area contributed by atoms with Gasteiger partial charge in [-0.3, -0.25) is 4.98 Å². The van der Waals surface area contributed by atoms with Crippen LogP contribution in [0, 0.1) is 0 Å². The molecule has 1 atom stereocenters. The van der Waals surface area contributed by atoms with Crippen LogP contribution in [0.1, 0.15) is 6.92 Å². The molecular formula is C9H15N3OS. The third-order valence-electron chi connectivity index (χ3n) is 1.62. The Balaban J connectivity index is 2.32. The lowest BCUT2D eigenvalue weighted by molar-refractivity contribution is 0.0858. The number of ether oxygens (including phenoxy) is 1. The fourth-order valence-electron chi connectivity index (χ4n) is 0.958. The van der Waals surface area contributed by atoms with E-state index in [-0.39, 0.29) is 6.10 Å². The Labute approximate surface area is 88.3 Å². The first kappa shape index (κ1) is 11.4. The van der Waals surface area contributed by atoms with Gasteiger partial charge in [-0.25, -0.2) is 4.98 Å². The van der Waals surface area contributed by atoms with Crippen LogP contribution in [0.3, 0.4) is 0 Å². The van der Waals surface area contributed by atoms with Crippen molar-refractivity contribution in [2.75, 3.05) is 18.9 Å². The van der Waals surface area contributed by atoms with E-state index in [2.05, 4.69) is 9.97 Å². The Morgan fingerprint density at radius 1 is 1.57 bits per heavy atom.